The lowest BCUT2D eigenvalue weighted by Crippen LogP contribution is -2.31. The third-order valence-corrected chi connectivity index (χ3v) is 3.87. The van der Waals surface area contributed by atoms with Gasteiger partial charge in [0.05, 0.1) is 17.2 Å². The SMILES string of the molecule is Cc1ccc(NC(=O)N[C@@H](C)c2ccccc2)c2cccnc12. The maximum atomic E-state index is 12.3. The Bertz CT molecular complexity index is 830. The van der Waals surface area contributed by atoms with Gasteiger partial charge in [0, 0.05) is 11.6 Å². The Hall–Kier alpha value is -2.88. The minimum Gasteiger partial charge on any atom is -0.331 e. The van der Waals surface area contributed by atoms with Crippen molar-refractivity contribution in [3.63, 3.8) is 0 Å². The molecule has 2 aromatic carbocycles. The molecular weight excluding hydrogens is 286 g/mol. The molecule has 0 fully saturated rings. The molecule has 0 spiro atoms. The highest BCUT2D eigenvalue weighted by molar-refractivity contribution is 6.01. The molecule has 0 aliphatic heterocycles. The van der Waals surface area contributed by atoms with Gasteiger partial charge in [-0.2, -0.15) is 0 Å². The Labute approximate surface area is 135 Å². The Morgan fingerprint density at radius 1 is 1.04 bits per heavy atom. The van der Waals surface area contributed by atoms with Crippen molar-refractivity contribution in [1.29, 1.82) is 0 Å². The maximum Gasteiger partial charge on any atom is 0.319 e. The molecule has 0 aliphatic rings. The first-order valence-electron chi connectivity index (χ1n) is 7.62. The number of anilines is 1. The van der Waals surface area contributed by atoms with E-state index in [4.69, 9.17) is 0 Å². The van der Waals surface area contributed by atoms with Gasteiger partial charge < -0.3 is 10.6 Å². The van der Waals surface area contributed by atoms with Gasteiger partial charge in [-0.05, 0) is 43.2 Å². The summed E-state index contributed by atoms with van der Waals surface area (Å²) in [5.74, 6) is 0. The zero-order valence-corrected chi connectivity index (χ0v) is 13.2. The van der Waals surface area contributed by atoms with Crippen LogP contribution in [-0.4, -0.2) is 11.0 Å². The number of nitrogens with zero attached hydrogens (tertiary/aromatic N) is 1. The number of carbonyl (C=O) groups is 1. The number of amides is 2. The van der Waals surface area contributed by atoms with Gasteiger partial charge in [-0.1, -0.05) is 36.4 Å². The molecule has 1 aromatic heterocycles. The Kier molecular flexibility index (Phi) is 4.24. The number of aromatic nitrogens is 1. The summed E-state index contributed by atoms with van der Waals surface area (Å²) in [6, 6.07) is 17.3. The molecule has 2 N–H and O–H groups in total. The van der Waals surface area contributed by atoms with E-state index in [1.807, 2.05) is 68.4 Å². The minimum atomic E-state index is -0.227. The van der Waals surface area contributed by atoms with E-state index in [0.717, 1.165) is 27.7 Å². The van der Waals surface area contributed by atoms with Crippen LogP contribution in [0.3, 0.4) is 0 Å². The van der Waals surface area contributed by atoms with Crippen LogP contribution in [0.2, 0.25) is 0 Å². The molecule has 0 saturated heterocycles. The second-order valence-electron chi connectivity index (χ2n) is 5.56. The Morgan fingerprint density at radius 2 is 1.83 bits per heavy atom. The fourth-order valence-electron chi connectivity index (χ4n) is 2.60. The molecule has 3 aromatic rings. The van der Waals surface area contributed by atoms with Crippen LogP contribution in [0.4, 0.5) is 10.5 Å². The molecule has 4 nitrogen and oxygen atoms in total. The summed E-state index contributed by atoms with van der Waals surface area (Å²) in [6.07, 6.45) is 1.76. The zero-order chi connectivity index (χ0) is 16.2. The number of pyridine rings is 1. The molecular formula is C19H19N3O. The number of benzene rings is 2. The number of carbonyl (C=O) groups excluding carboxylic acids is 1. The van der Waals surface area contributed by atoms with Crippen molar-refractivity contribution in [1.82, 2.24) is 10.3 Å². The van der Waals surface area contributed by atoms with E-state index in [2.05, 4.69) is 15.6 Å². The average Bonchev–Trinajstić information content (AvgIpc) is 2.58. The van der Waals surface area contributed by atoms with E-state index in [1.165, 1.54) is 0 Å². The standard InChI is InChI=1S/C19H19N3O/c1-13-10-11-17(16-9-6-12-20-18(13)16)22-19(23)21-14(2)15-7-4-3-5-8-15/h3-12,14H,1-2H3,(H2,21,22,23)/t14-/m0/s1. The van der Waals surface area contributed by atoms with Gasteiger partial charge in [0.15, 0.2) is 0 Å². The first-order valence-corrected chi connectivity index (χ1v) is 7.62. The lowest BCUT2D eigenvalue weighted by molar-refractivity contribution is 0.249. The number of nitrogens with one attached hydrogen (secondary N) is 2. The fraction of sp³-hybridized carbons (Fsp3) is 0.158. The number of aryl methyl sites for hydroxylation is 1. The van der Waals surface area contributed by atoms with Gasteiger partial charge in [0.1, 0.15) is 0 Å². The average molecular weight is 305 g/mol. The van der Waals surface area contributed by atoms with Gasteiger partial charge >= 0.3 is 6.03 Å². The molecule has 0 aliphatic carbocycles. The van der Waals surface area contributed by atoms with Gasteiger partial charge in [-0.15, -0.1) is 0 Å². The largest absolute Gasteiger partial charge is 0.331 e. The Balaban J connectivity index is 1.77. The van der Waals surface area contributed by atoms with Crippen LogP contribution in [0.15, 0.2) is 60.8 Å². The molecule has 116 valence electrons. The number of hydrogen-bond donors (Lipinski definition) is 2. The number of urea groups is 1. The molecule has 3 rings (SSSR count). The highest BCUT2D eigenvalue weighted by Gasteiger charge is 2.11. The number of hydrogen-bond acceptors (Lipinski definition) is 2. The topological polar surface area (TPSA) is 54.0 Å². The molecule has 4 heteroatoms. The van der Waals surface area contributed by atoms with Crippen molar-refractivity contribution in [2.24, 2.45) is 0 Å². The van der Waals surface area contributed by atoms with Crippen LogP contribution in [0.5, 0.6) is 0 Å². The van der Waals surface area contributed by atoms with Crippen molar-refractivity contribution in [3.05, 3.63) is 71.9 Å². The fourth-order valence-corrected chi connectivity index (χ4v) is 2.60. The third kappa shape index (κ3) is 3.31. The maximum absolute atomic E-state index is 12.3. The van der Waals surface area contributed by atoms with Crippen molar-refractivity contribution < 1.29 is 4.79 Å². The van der Waals surface area contributed by atoms with Crippen molar-refractivity contribution in [2.75, 3.05) is 5.32 Å². The summed E-state index contributed by atoms with van der Waals surface area (Å²) in [5, 5.41) is 6.82. The summed E-state index contributed by atoms with van der Waals surface area (Å²) in [7, 11) is 0. The summed E-state index contributed by atoms with van der Waals surface area (Å²) in [4.78, 5) is 16.7. The van der Waals surface area contributed by atoms with E-state index in [1.54, 1.807) is 6.20 Å². The normalized spacial score (nSPS) is 11.9. The van der Waals surface area contributed by atoms with Crippen LogP contribution in [0.1, 0.15) is 24.1 Å². The van der Waals surface area contributed by atoms with Gasteiger partial charge in [0.25, 0.3) is 0 Å². The van der Waals surface area contributed by atoms with Crippen molar-refractivity contribution in [2.45, 2.75) is 19.9 Å². The lowest BCUT2D eigenvalue weighted by Gasteiger charge is -2.16. The molecule has 0 saturated carbocycles. The Morgan fingerprint density at radius 3 is 2.61 bits per heavy atom. The highest BCUT2D eigenvalue weighted by Crippen LogP contribution is 2.24. The summed E-state index contributed by atoms with van der Waals surface area (Å²) in [5.41, 5.74) is 3.82. The number of rotatable bonds is 3. The van der Waals surface area contributed by atoms with Crippen molar-refractivity contribution >= 4 is 22.6 Å². The van der Waals surface area contributed by atoms with Crippen LogP contribution >= 0.6 is 0 Å². The van der Waals surface area contributed by atoms with Gasteiger partial charge in [-0.3, -0.25) is 4.98 Å². The second kappa shape index (κ2) is 6.48. The van der Waals surface area contributed by atoms with Crippen LogP contribution in [0.25, 0.3) is 10.9 Å². The van der Waals surface area contributed by atoms with Crippen LogP contribution in [-0.2, 0) is 0 Å². The summed E-state index contributed by atoms with van der Waals surface area (Å²) < 4.78 is 0. The molecule has 0 bridgehead atoms. The van der Waals surface area contributed by atoms with E-state index < -0.39 is 0 Å². The predicted octanol–water partition coefficient (Wildman–Crippen LogP) is 4.43. The van der Waals surface area contributed by atoms with E-state index in [0.29, 0.717) is 0 Å². The van der Waals surface area contributed by atoms with E-state index in [-0.39, 0.29) is 12.1 Å². The molecule has 0 radical (unpaired) electrons. The summed E-state index contributed by atoms with van der Waals surface area (Å²) >= 11 is 0. The minimum absolute atomic E-state index is 0.0639. The molecule has 23 heavy (non-hydrogen) atoms. The first-order chi connectivity index (χ1) is 11.1. The third-order valence-electron chi connectivity index (χ3n) is 3.87. The molecule has 0 unspecified atom stereocenters. The lowest BCUT2D eigenvalue weighted by atomic mass is 10.1. The monoisotopic (exact) mass is 305 g/mol. The quantitative estimate of drug-likeness (QED) is 0.752. The molecule has 1 heterocycles. The van der Waals surface area contributed by atoms with Crippen LogP contribution in [0, 0.1) is 6.92 Å². The van der Waals surface area contributed by atoms with E-state index in [9.17, 15) is 4.79 Å². The predicted molar refractivity (Wildman–Crippen MR) is 93.5 cm³/mol. The zero-order valence-electron chi connectivity index (χ0n) is 13.2. The van der Waals surface area contributed by atoms with E-state index >= 15 is 0 Å². The van der Waals surface area contributed by atoms with Gasteiger partial charge in [0.2, 0.25) is 0 Å². The molecule has 1 atom stereocenters. The smallest absolute Gasteiger partial charge is 0.319 e. The molecule has 2 amide bonds. The second-order valence-corrected chi connectivity index (χ2v) is 5.56. The van der Waals surface area contributed by atoms with Crippen LogP contribution < -0.4 is 10.6 Å². The number of fused-ring (bicyclic) bond motifs is 1. The first kappa shape index (κ1) is 15.0. The van der Waals surface area contributed by atoms with Crippen molar-refractivity contribution in [3.8, 4) is 0 Å². The summed E-state index contributed by atoms with van der Waals surface area (Å²) in [6.45, 7) is 3.97. The van der Waals surface area contributed by atoms with Gasteiger partial charge in [-0.25, -0.2) is 4.79 Å². The highest BCUT2D eigenvalue weighted by atomic mass is 16.2.